The first-order valence-corrected chi connectivity index (χ1v) is 11.1. The van der Waals surface area contributed by atoms with Crippen LogP contribution in [0.2, 0.25) is 0 Å². The highest BCUT2D eigenvalue weighted by Gasteiger charge is 2.20. The van der Waals surface area contributed by atoms with Crippen molar-refractivity contribution in [3.05, 3.63) is 40.4 Å². The minimum absolute atomic E-state index is 0.0557. The first kappa shape index (κ1) is 21.4. The molecule has 154 valence electrons. The van der Waals surface area contributed by atoms with Crippen molar-refractivity contribution < 1.29 is 4.79 Å². The number of thiazole rings is 1. The molecule has 2 heterocycles. The molecule has 1 amide bonds. The molecule has 0 saturated carbocycles. The van der Waals surface area contributed by atoms with Crippen molar-refractivity contribution in [3.63, 3.8) is 0 Å². The Kier molecular flexibility index (Phi) is 6.99. The maximum Gasteiger partial charge on any atom is 0.230 e. The molecule has 0 aliphatic carbocycles. The fourth-order valence-corrected chi connectivity index (χ4v) is 4.51. The highest BCUT2D eigenvalue weighted by molar-refractivity contribution is 7.98. The lowest BCUT2D eigenvalue weighted by Gasteiger charge is -2.21. The van der Waals surface area contributed by atoms with Gasteiger partial charge < -0.3 is 4.90 Å². The van der Waals surface area contributed by atoms with Crippen LogP contribution < -0.4 is 4.90 Å². The molecule has 0 unspecified atom stereocenters. The summed E-state index contributed by atoms with van der Waals surface area (Å²) in [6.07, 6.45) is 0. The van der Waals surface area contributed by atoms with E-state index in [1.54, 1.807) is 28.3 Å². The Bertz CT molecular complexity index is 983. The fourth-order valence-electron chi connectivity index (χ4n) is 2.72. The molecule has 0 fully saturated rings. The second kappa shape index (κ2) is 9.47. The number of benzene rings is 1. The van der Waals surface area contributed by atoms with E-state index in [0.717, 1.165) is 40.8 Å². The minimum atomic E-state index is -0.0557. The second-order valence-electron chi connectivity index (χ2n) is 6.97. The van der Waals surface area contributed by atoms with Crippen molar-refractivity contribution in [2.24, 2.45) is 0 Å². The van der Waals surface area contributed by atoms with E-state index in [2.05, 4.69) is 20.4 Å². The van der Waals surface area contributed by atoms with Crippen molar-refractivity contribution in [2.45, 2.75) is 38.2 Å². The predicted molar refractivity (Wildman–Crippen MR) is 117 cm³/mol. The van der Waals surface area contributed by atoms with E-state index in [9.17, 15) is 4.79 Å². The van der Waals surface area contributed by atoms with Crippen LogP contribution in [0.3, 0.4) is 0 Å². The molecule has 0 bridgehead atoms. The number of rotatable bonds is 8. The lowest BCUT2D eigenvalue weighted by molar-refractivity contribution is -0.115. The van der Waals surface area contributed by atoms with Gasteiger partial charge in [0.15, 0.2) is 5.13 Å². The van der Waals surface area contributed by atoms with Crippen LogP contribution in [-0.2, 0) is 17.1 Å². The van der Waals surface area contributed by atoms with Crippen molar-refractivity contribution in [2.75, 3.05) is 25.5 Å². The third kappa shape index (κ3) is 5.20. The SMILES string of the molecule is CC(=O)N(c1nc(CSc2nnnn2CCN(C)C)cs1)c1cccc(C)c1C. The maximum atomic E-state index is 12.4. The number of aryl methyl sites for hydroxylation is 1. The van der Waals surface area contributed by atoms with Gasteiger partial charge in [0, 0.05) is 24.6 Å². The van der Waals surface area contributed by atoms with Crippen LogP contribution in [0.25, 0.3) is 0 Å². The standard InChI is InChI=1S/C19H25N7OS2/c1-13-7-6-8-17(14(13)2)26(15(3)27)18-20-16(11-28-18)12-29-19-21-22-23-25(19)10-9-24(4)5/h6-8,11H,9-10,12H2,1-5H3. The van der Waals surface area contributed by atoms with Gasteiger partial charge in [-0.25, -0.2) is 9.67 Å². The predicted octanol–water partition coefficient (Wildman–Crippen LogP) is 3.28. The Balaban J connectivity index is 1.74. The molecule has 0 aliphatic rings. The van der Waals surface area contributed by atoms with Crippen LogP contribution >= 0.6 is 23.1 Å². The number of likely N-dealkylation sites (N-methyl/N-ethyl adjacent to an activating group) is 1. The molecule has 2 aromatic heterocycles. The summed E-state index contributed by atoms with van der Waals surface area (Å²) < 4.78 is 1.80. The lowest BCUT2D eigenvalue weighted by atomic mass is 10.1. The monoisotopic (exact) mass is 431 g/mol. The van der Waals surface area contributed by atoms with Crippen molar-refractivity contribution in [1.82, 2.24) is 30.1 Å². The largest absolute Gasteiger partial charge is 0.308 e. The number of hydrogen-bond donors (Lipinski definition) is 0. The Morgan fingerprint density at radius 2 is 2.07 bits per heavy atom. The van der Waals surface area contributed by atoms with Crippen LogP contribution in [0.4, 0.5) is 10.8 Å². The molecule has 0 spiro atoms. The topological polar surface area (TPSA) is 80.0 Å². The van der Waals surface area contributed by atoms with Crippen LogP contribution in [0.5, 0.6) is 0 Å². The molecule has 0 aliphatic heterocycles. The molecular formula is C19H25N7OS2. The Labute approximate surface area is 178 Å². The molecule has 1 aromatic carbocycles. The van der Waals surface area contributed by atoms with Crippen LogP contribution in [0.15, 0.2) is 28.7 Å². The normalized spacial score (nSPS) is 11.2. The smallest absolute Gasteiger partial charge is 0.230 e. The minimum Gasteiger partial charge on any atom is -0.308 e. The van der Waals surface area contributed by atoms with Crippen LogP contribution in [-0.4, -0.2) is 56.6 Å². The van der Waals surface area contributed by atoms with Crippen molar-refractivity contribution >= 4 is 39.8 Å². The second-order valence-corrected chi connectivity index (χ2v) is 8.75. The van der Waals surface area contributed by atoms with E-state index >= 15 is 0 Å². The van der Waals surface area contributed by atoms with Crippen molar-refractivity contribution in [3.8, 4) is 0 Å². The third-order valence-electron chi connectivity index (χ3n) is 4.47. The molecule has 3 rings (SSSR count). The van der Waals surface area contributed by atoms with E-state index in [4.69, 9.17) is 4.98 Å². The average Bonchev–Trinajstić information content (AvgIpc) is 3.31. The molecule has 10 heteroatoms. The van der Waals surface area contributed by atoms with E-state index in [0.29, 0.717) is 10.9 Å². The van der Waals surface area contributed by atoms with E-state index in [1.165, 1.54) is 11.3 Å². The van der Waals surface area contributed by atoms with Gasteiger partial charge in [0.1, 0.15) is 0 Å². The summed E-state index contributed by atoms with van der Waals surface area (Å²) in [6.45, 7) is 7.23. The number of tetrazole rings is 1. The third-order valence-corrected chi connectivity index (χ3v) is 6.34. The Morgan fingerprint density at radius 1 is 1.28 bits per heavy atom. The summed E-state index contributed by atoms with van der Waals surface area (Å²) >= 11 is 3.01. The van der Waals surface area contributed by atoms with Gasteiger partial charge in [0.25, 0.3) is 0 Å². The number of nitrogens with zero attached hydrogens (tertiary/aromatic N) is 7. The number of anilines is 2. The van der Waals surface area contributed by atoms with Crippen LogP contribution in [0.1, 0.15) is 23.7 Å². The van der Waals surface area contributed by atoms with E-state index < -0.39 is 0 Å². The van der Waals surface area contributed by atoms with E-state index in [-0.39, 0.29) is 5.91 Å². The molecule has 3 aromatic rings. The summed E-state index contributed by atoms with van der Waals surface area (Å²) in [4.78, 5) is 20.9. The van der Waals surface area contributed by atoms with Gasteiger partial charge >= 0.3 is 0 Å². The maximum absolute atomic E-state index is 12.4. The zero-order valence-electron chi connectivity index (χ0n) is 17.3. The number of amides is 1. The zero-order valence-corrected chi connectivity index (χ0v) is 18.9. The van der Waals surface area contributed by atoms with Gasteiger partial charge in [-0.3, -0.25) is 9.69 Å². The van der Waals surface area contributed by atoms with Gasteiger partial charge in [-0.05, 0) is 55.6 Å². The van der Waals surface area contributed by atoms with Gasteiger partial charge in [0.05, 0.1) is 17.9 Å². The fraction of sp³-hybridized carbons (Fsp3) is 0.421. The lowest BCUT2D eigenvalue weighted by Crippen LogP contribution is -2.23. The number of hydrogen-bond acceptors (Lipinski definition) is 8. The molecule has 0 N–H and O–H groups in total. The van der Waals surface area contributed by atoms with Gasteiger partial charge in [-0.1, -0.05) is 23.9 Å². The van der Waals surface area contributed by atoms with E-state index in [1.807, 2.05) is 51.5 Å². The average molecular weight is 432 g/mol. The highest BCUT2D eigenvalue weighted by Crippen LogP contribution is 2.33. The molecule has 29 heavy (non-hydrogen) atoms. The summed E-state index contributed by atoms with van der Waals surface area (Å²) in [5, 5.41) is 15.4. The quantitative estimate of drug-likeness (QED) is 0.506. The summed E-state index contributed by atoms with van der Waals surface area (Å²) in [6, 6.07) is 5.96. The highest BCUT2D eigenvalue weighted by atomic mass is 32.2. The van der Waals surface area contributed by atoms with Gasteiger partial charge in [0.2, 0.25) is 11.1 Å². The Morgan fingerprint density at radius 3 is 2.79 bits per heavy atom. The molecule has 0 radical (unpaired) electrons. The summed E-state index contributed by atoms with van der Waals surface area (Å²) in [7, 11) is 4.04. The zero-order chi connectivity index (χ0) is 21.0. The summed E-state index contributed by atoms with van der Waals surface area (Å²) in [5.74, 6) is 0.581. The Hall–Kier alpha value is -2.30. The first-order chi connectivity index (χ1) is 13.9. The summed E-state index contributed by atoms with van der Waals surface area (Å²) in [5.41, 5.74) is 3.99. The number of thioether (sulfide) groups is 1. The molecule has 0 atom stereocenters. The van der Waals surface area contributed by atoms with Gasteiger partial charge in [-0.15, -0.1) is 16.4 Å². The van der Waals surface area contributed by atoms with Gasteiger partial charge in [-0.2, -0.15) is 0 Å². The molecule has 8 nitrogen and oxygen atoms in total. The molecule has 0 saturated heterocycles. The number of carbonyl (C=O) groups is 1. The number of aromatic nitrogens is 5. The molecular weight excluding hydrogens is 406 g/mol. The number of carbonyl (C=O) groups excluding carboxylic acids is 1. The first-order valence-electron chi connectivity index (χ1n) is 9.22. The van der Waals surface area contributed by atoms with Crippen molar-refractivity contribution in [1.29, 1.82) is 0 Å². The van der Waals surface area contributed by atoms with Crippen LogP contribution in [0, 0.1) is 13.8 Å².